The van der Waals surface area contributed by atoms with Crippen LogP contribution in [0.2, 0.25) is 0 Å². The molecule has 2 aromatic heterocycles. The van der Waals surface area contributed by atoms with Crippen molar-refractivity contribution in [2.24, 2.45) is 0 Å². The highest BCUT2D eigenvalue weighted by molar-refractivity contribution is 5.91. The Hall–Kier alpha value is -2.74. The van der Waals surface area contributed by atoms with E-state index in [1.54, 1.807) is 13.1 Å². The van der Waals surface area contributed by atoms with Gasteiger partial charge in [-0.15, -0.1) is 10.2 Å². The normalized spacial score (nSPS) is 16.7. The molecule has 1 fully saturated rings. The Kier molecular flexibility index (Phi) is 7.79. The molecule has 2 aromatic rings. The van der Waals surface area contributed by atoms with Crippen LogP contribution in [0.15, 0.2) is 29.1 Å². The molecule has 0 aromatic carbocycles. The number of rotatable bonds is 8. The quantitative estimate of drug-likeness (QED) is 0.672. The minimum atomic E-state index is -0.228. The summed E-state index contributed by atoms with van der Waals surface area (Å²) in [5.74, 6) is 0.920. The van der Waals surface area contributed by atoms with Gasteiger partial charge in [0.05, 0.1) is 0 Å². The zero-order valence-electron chi connectivity index (χ0n) is 19.0. The smallest absolute Gasteiger partial charge is 0.271 e. The van der Waals surface area contributed by atoms with Gasteiger partial charge in [0.1, 0.15) is 0 Å². The molecule has 2 atom stereocenters. The number of aromatic nitrogens is 3. The molecular formula is C23H34N6O2. The molecule has 1 saturated heterocycles. The van der Waals surface area contributed by atoms with Gasteiger partial charge in [0.25, 0.3) is 11.5 Å². The van der Waals surface area contributed by atoms with Gasteiger partial charge < -0.3 is 15.2 Å². The average Bonchev–Trinajstić information content (AvgIpc) is 2.82. The lowest BCUT2D eigenvalue weighted by atomic mass is 9.93. The van der Waals surface area contributed by atoms with Crippen molar-refractivity contribution < 1.29 is 4.79 Å². The molecule has 0 spiro atoms. The molecule has 168 valence electrons. The number of carbonyl (C=O) groups is 1. The topological polar surface area (TPSA) is 94.2 Å². The maximum atomic E-state index is 12.2. The number of hydrogen-bond donors (Lipinski definition) is 2. The zero-order valence-corrected chi connectivity index (χ0v) is 19.0. The van der Waals surface area contributed by atoms with E-state index in [4.69, 9.17) is 0 Å². The van der Waals surface area contributed by atoms with Gasteiger partial charge in [-0.05, 0) is 44.4 Å². The number of hydrogen-bond acceptors (Lipinski definition) is 6. The van der Waals surface area contributed by atoms with E-state index >= 15 is 0 Å². The molecule has 3 rings (SSSR count). The zero-order chi connectivity index (χ0) is 22.4. The molecule has 1 aliphatic rings. The Labute approximate surface area is 184 Å². The van der Waals surface area contributed by atoms with Crippen LogP contribution in [0.3, 0.4) is 0 Å². The Morgan fingerprint density at radius 3 is 2.42 bits per heavy atom. The molecule has 31 heavy (non-hydrogen) atoms. The first kappa shape index (κ1) is 22.9. The van der Waals surface area contributed by atoms with E-state index in [0.29, 0.717) is 17.7 Å². The summed E-state index contributed by atoms with van der Waals surface area (Å²) in [7, 11) is 1.58. The highest BCUT2D eigenvalue weighted by Crippen LogP contribution is 2.25. The fraction of sp³-hybridized carbons (Fsp3) is 0.565. The lowest BCUT2D eigenvalue weighted by molar-refractivity contribution is 0.0957. The lowest BCUT2D eigenvalue weighted by Crippen LogP contribution is -2.50. The third-order valence-corrected chi connectivity index (χ3v) is 6.32. The van der Waals surface area contributed by atoms with E-state index in [0.717, 1.165) is 62.5 Å². The molecule has 2 N–H and O–H groups in total. The minimum absolute atomic E-state index is 0.0447. The van der Waals surface area contributed by atoms with Gasteiger partial charge in [0, 0.05) is 56.4 Å². The van der Waals surface area contributed by atoms with Gasteiger partial charge in [-0.25, -0.2) is 0 Å². The largest absolute Gasteiger partial charge is 0.354 e. The van der Waals surface area contributed by atoms with Crippen molar-refractivity contribution in [3.05, 3.63) is 51.6 Å². The van der Waals surface area contributed by atoms with Gasteiger partial charge in [0.15, 0.2) is 11.5 Å². The molecule has 0 saturated carbocycles. The Bertz CT molecular complexity index is 918. The molecule has 0 radical (unpaired) electrons. The standard InChI is InChI=1S/C23H34N6O2/c1-5-17-7-8-19(25-22(17)30)18(6-2)15-16(3)28-11-13-29(14-12-28)21-10-9-20(26-27-21)23(31)24-4/h7-10,16,18H,5-6,11-15H2,1-4H3,(H,24,31)(H,25,30)/t16-,18+/m0/s1. The summed E-state index contributed by atoms with van der Waals surface area (Å²) < 4.78 is 0. The van der Waals surface area contributed by atoms with Gasteiger partial charge >= 0.3 is 0 Å². The predicted molar refractivity (Wildman–Crippen MR) is 123 cm³/mol. The Morgan fingerprint density at radius 1 is 1.13 bits per heavy atom. The third-order valence-electron chi connectivity index (χ3n) is 6.32. The van der Waals surface area contributed by atoms with Crippen LogP contribution in [0, 0.1) is 0 Å². The van der Waals surface area contributed by atoms with Gasteiger partial charge in [0.2, 0.25) is 0 Å². The highest BCUT2D eigenvalue weighted by atomic mass is 16.1. The molecule has 8 heteroatoms. The van der Waals surface area contributed by atoms with E-state index in [1.165, 1.54) is 0 Å². The molecule has 0 bridgehead atoms. The van der Waals surface area contributed by atoms with Crippen LogP contribution >= 0.6 is 0 Å². The van der Waals surface area contributed by atoms with Crippen molar-refractivity contribution in [1.82, 2.24) is 25.4 Å². The van der Waals surface area contributed by atoms with E-state index in [1.807, 2.05) is 19.1 Å². The van der Waals surface area contributed by atoms with Crippen molar-refractivity contribution in [3.63, 3.8) is 0 Å². The number of aromatic amines is 1. The van der Waals surface area contributed by atoms with E-state index in [-0.39, 0.29) is 11.5 Å². The van der Waals surface area contributed by atoms with Crippen molar-refractivity contribution >= 4 is 11.7 Å². The van der Waals surface area contributed by atoms with Crippen molar-refractivity contribution in [1.29, 1.82) is 0 Å². The third kappa shape index (κ3) is 5.50. The van der Waals surface area contributed by atoms with Crippen LogP contribution in [0.25, 0.3) is 0 Å². The second-order valence-electron chi connectivity index (χ2n) is 8.19. The fourth-order valence-corrected chi connectivity index (χ4v) is 4.24. The number of nitrogens with one attached hydrogen (secondary N) is 2. The van der Waals surface area contributed by atoms with Crippen molar-refractivity contribution in [2.75, 3.05) is 38.1 Å². The second-order valence-corrected chi connectivity index (χ2v) is 8.19. The molecule has 0 unspecified atom stereocenters. The molecule has 8 nitrogen and oxygen atoms in total. The van der Waals surface area contributed by atoms with E-state index < -0.39 is 0 Å². The number of anilines is 1. The SMILES string of the molecule is CCc1ccc([C@H](CC)C[C@H](C)N2CCN(c3ccc(C(=O)NC)nn3)CC2)[nH]c1=O. The molecular weight excluding hydrogens is 392 g/mol. The van der Waals surface area contributed by atoms with E-state index in [9.17, 15) is 9.59 Å². The van der Waals surface area contributed by atoms with Crippen LogP contribution in [0.4, 0.5) is 5.82 Å². The van der Waals surface area contributed by atoms with Crippen LogP contribution in [-0.2, 0) is 6.42 Å². The number of nitrogens with zero attached hydrogens (tertiary/aromatic N) is 4. The highest BCUT2D eigenvalue weighted by Gasteiger charge is 2.25. The summed E-state index contributed by atoms with van der Waals surface area (Å²) in [6, 6.07) is 8.05. The monoisotopic (exact) mass is 426 g/mol. The molecule has 1 aliphatic heterocycles. The Morgan fingerprint density at radius 2 is 1.87 bits per heavy atom. The number of H-pyrrole nitrogens is 1. The number of aryl methyl sites for hydroxylation is 1. The molecule has 3 heterocycles. The summed E-state index contributed by atoms with van der Waals surface area (Å²) in [5, 5.41) is 10.8. The predicted octanol–water partition coefficient (Wildman–Crippen LogP) is 2.18. The number of carbonyl (C=O) groups excluding carboxylic acids is 1. The average molecular weight is 427 g/mol. The van der Waals surface area contributed by atoms with Crippen LogP contribution in [0.1, 0.15) is 61.3 Å². The number of piperazine rings is 1. The summed E-state index contributed by atoms with van der Waals surface area (Å²) in [6.07, 6.45) is 2.77. The van der Waals surface area contributed by atoms with Gasteiger partial charge in [-0.3, -0.25) is 14.5 Å². The summed E-state index contributed by atoms with van der Waals surface area (Å²) in [5.41, 5.74) is 2.26. The Balaban J connectivity index is 1.56. The molecule has 0 aliphatic carbocycles. The summed E-state index contributed by atoms with van der Waals surface area (Å²) in [4.78, 5) is 31.7. The fourth-order valence-electron chi connectivity index (χ4n) is 4.24. The lowest BCUT2D eigenvalue weighted by Gasteiger charge is -2.39. The number of pyridine rings is 1. The first-order chi connectivity index (χ1) is 15.0. The summed E-state index contributed by atoms with van der Waals surface area (Å²) in [6.45, 7) is 10.1. The minimum Gasteiger partial charge on any atom is -0.354 e. The first-order valence-electron chi connectivity index (χ1n) is 11.2. The number of amides is 1. The maximum absolute atomic E-state index is 12.2. The molecule has 1 amide bonds. The van der Waals surface area contributed by atoms with Crippen molar-refractivity contribution in [2.45, 2.75) is 52.0 Å². The first-order valence-corrected chi connectivity index (χ1v) is 11.2. The van der Waals surface area contributed by atoms with E-state index in [2.05, 4.69) is 50.2 Å². The maximum Gasteiger partial charge on any atom is 0.271 e. The van der Waals surface area contributed by atoms with Crippen molar-refractivity contribution in [3.8, 4) is 0 Å². The van der Waals surface area contributed by atoms with Crippen LogP contribution < -0.4 is 15.8 Å². The van der Waals surface area contributed by atoms with Gasteiger partial charge in [-0.2, -0.15) is 0 Å². The van der Waals surface area contributed by atoms with Crippen LogP contribution in [0.5, 0.6) is 0 Å². The second kappa shape index (κ2) is 10.5. The van der Waals surface area contributed by atoms with Gasteiger partial charge in [-0.1, -0.05) is 19.9 Å². The summed E-state index contributed by atoms with van der Waals surface area (Å²) >= 11 is 0. The van der Waals surface area contributed by atoms with Crippen LogP contribution in [-0.4, -0.2) is 65.3 Å².